The maximum atomic E-state index is 12.2. The van der Waals surface area contributed by atoms with Gasteiger partial charge >= 0.3 is 6.18 Å². The van der Waals surface area contributed by atoms with E-state index in [1.807, 2.05) is 0 Å². The second kappa shape index (κ2) is 3.67. The van der Waals surface area contributed by atoms with Gasteiger partial charge in [0.2, 0.25) is 0 Å². The van der Waals surface area contributed by atoms with Gasteiger partial charge in [-0.25, -0.2) is 0 Å². The maximum absolute atomic E-state index is 12.2. The minimum Gasteiger partial charge on any atom is -0.508 e. The van der Waals surface area contributed by atoms with Gasteiger partial charge in [-0.05, 0) is 12.1 Å². The van der Waals surface area contributed by atoms with Crippen molar-refractivity contribution in [3.8, 4) is 5.75 Å². The number of rotatable bonds is 1. The molecule has 2 nitrogen and oxygen atoms in total. The van der Waals surface area contributed by atoms with E-state index in [-0.39, 0.29) is 17.1 Å². The number of halogens is 4. The van der Waals surface area contributed by atoms with Crippen LogP contribution in [0.4, 0.5) is 13.2 Å². The van der Waals surface area contributed by atoms with Crippen molar-refractivity contribution in [2.45, 2.75) is 12.7 Å². The van der Waals surface area contributed by atoms with Crippen molar-refractivity contribution in [1.29, 1.82) is 0 Å². The van der Waals surface area contributed by atoms with Crippen molar-refractivity contribution < 1.29 is 18.3 Å². The van der Waals surface area contributed by atoms with Gasteiger partial charge in [-0.1, -0.05) is 11.6 Å². The average molecular weight is 226 g/mol. The van der Waals surface area contributed by atoms with Crippen LogP contribution in [0, 0.1) is 0 Å². The van der Waals surface area contributed by atoms with E-state index in [1.165, 1.54) is 0 Å². The SMILES string of the molecule is NCc1c(O)cc(C(F)(F)F)cc1Cl. The van der Waals surface area contributed by atoms with E-state index in [2.05, 4.69) is 0 Å². The lowest BCUT2D eigenvalue weighted by atomic mass is 10.1. The lowest BCUT2D eigenvalue weighted by Crippen LogP contribution is -2.06. The molecule has 0 aliphatic heterocycles. The van der Waals surface area contributed by atoms with Crippen LogP contribution in [0.2, 0.25) is 5.02 Å². The van der Waals surface area contributed by atoms with Gasteiger partial charge in [0.15, 0.2) is 0 Å². The van der Waals surface area contributed by atoms with Crippen molar-refractivity contribution in [2.75, 3.05) is 0 Å². The zero-order valence-electron chi connectivity index (χ0n) is 6.90. The Bertz CT molecular complexity index is 328. The molecule has 0 radical (unpaired) electrons. The van der Waals surface area contributed by atoms with Crippen LogP contribution < -0.4 is 5.73 Å². The van der Waals surface area contributed by atoms with Gasteiger partial charge in [-0.3, -0.25) is 0 Å². The highest BCUT2D eigenvalue weighted by Crippen LogP contribution is 2.36. The molecule has 0 unspecified atom stereocenters. The molecule has 0 aromatic heterocycles. The van der Waals surface area contributed by atoms with Gasteiger partial charge in [0.25, 0.3) is 0 Å². The van der Waals surface area contributed by atoms with E-state index in [9.17, 15) is 18.3 Å². The van der Waals surface area contributed by atoms with Crippen LogP contribution in [0.5, 0.6) is 5.75 Å². The minimum absolute atomic E-state index is 0.108. The summed E-state index contributed by atoms with van der Waals surface area (Å²) in [4.78, 5) is 0. The summed E-state index contributed by atoms with van der Waals surface area (Å²) >= 11 is 5.50. The average Bonchev–Trinajstić information content (AvgIpc) is 2.01. The molecule has 0 spiro atoms. The molecule has 3 N–H and O–H groups in total. The molecule has 0 fully saturated rings. The lowest BCUT2D eigenvalue weighted by Gasteiger charge is -2.10. The third-order valence-electron chi connectivity index (χ3n) is 1.70. The highest BCUT2D eigenvalue weighted by atomic mass is 35.5. The fourth-order valence-electron chi connectivity index (χ4n) is 0.988. The number of nitrogens with two attached hydrogens (primary N) is 1. The zero-order chi connectivity index (χ0) is 10.9. The predicted octanol–water partition coefficient (Wildman–Crippen LogP) is 2.52. The Hall–Kier alpha value is -0.940. The molecule has 6 heteroatoms. The third-order valence-corrected chi connectivity index (χ3v) is 2.04. The lowest BCUT2D eigenvalue weighted by molar-refractivity contribution is -0.137. The maximum Gasteiger partial charge on any atom is 0.416 e. The summed E-state index contributed by atoms with van der Waals surface area (Å²) in [6.07, 6.45) is -4.52. The van der Waals surface area contributed by atoms with Crippen LogP contribution in [-0.2, 0) is 12.7 Å². The van der Waals surface area contributed by atoms with E-state index in [4.69, 9.17) is 17.3 Å². The number of aromatic hydroxyl groups is 1. The van der Waals surface area contributed by atoms with E-state index in [0.717, 1.165) is 6.07 Å². The number of phenols is 1. The number of hydrogen-bond donors (Lipinski definition) is 2. The third kappa shape index (κ3) is 2.10. The number of alkyl halides is 3. The van der Waals surface area contributed by atoms with Gasteiger partial charge < -0.3 is 10.8 Å². The molecule has 0 atom stereocenters. The first-order valence-electron chi connectivity index (χ1n) is 3.65. The zero-order valence-corrected chi connectivity index (χ0v) is 7.65. The molecule has 0 saturated carbocycles. The summed E-state index contributed by atoms with van der Waals surface area (Å²) in [5.41, 5.74) is 4.31. The highest BCUT2D eigenvalue weighted by Gasteiger charge is 2.31. The van der Waals surface area contributed by atoms with Gasteiger partial charge in [-0.2, -0.15) is 13.2 Å². The monoisotopic (exact) mass is 225 g/mol. The molecule has 0 amide bonds. The largest absolute Gasteiger partial charge is 0.508 e. The number of hydrogen-bond acceptors (Lipinski definition) is 2. The van der Waals surface area contributed by atoms with Gasteiger partial charge in [0, 0.05) is 17.1 Å². The Kier molecular flexibility index (Phi) is 2.92. The second-order valence-corrected chi connectivity index (χ2v) is 3.06. The summed E-state index contributed by atoms with van der Waals surface area (Å²) in [5.74, 6) is -0.535. The fourth-order valence-corrected chi connectivity index (χ4v) is 1.28. The van der Waals surface area contributed by atoms with Crippen molar-refractivity contribution >= 4 is 11.6 Å². The van der Waals surface area contributed by atoms with E-state index in [0.29, 0.717) is 6.07 Å². The Morgan fingerprint density at radius 3 is 2.29 bits per heavy atom. The van der Waals surface area contributed by atoms with Gasteiger partial charge in [0.1, 0.15) is 5.75 Å². The van der Waals surface area contributed by atoms with Crippen LogP contribution in [0.15, 0.2) is 12.1 Å². The normalized spacial score (nSPS) is 11.8. The first-order valence-corrected chi connectivity index (χ1v) is 4.02. The fraction of sp³-hybridized carbons (Fsp3) is 0.250. The Balaban J connectivity index is 3.28. The standard InChI is InChI=1S/C8H7ClF3NO/c9-6-1-4(8(10,11)12)2-7(14)5(6)3-13/h1-2,14H,3,13H2. The molecule has 1 rings (SSSR count). The van der Waals surface area contributed by atoms with E-state index >= 15 is 0 Å². The summed E-state index contributed by atoms with van der Waals surface area (Å²) in [5, 5.41) is 8.99. The molecular formula is C8H7ClF3NO. The molecule has 1 aromatic carbocycles. The first-order chi connectivity index (χ1) is 6.36. The van der Waals surface area contributed by atoms with Crippen LogP contribution in [0.25, 0.3) is 0 Å². The molecule has 0 bridgehead atoms. The Labute approximate surface area is 83.1 Å². The first kappa shape index (κ1) is 11.1. The van der Waals surface area contributed by atoms with Gasteiger partial charge in [-0.15, -0.1) is 0 Å². The molecule has 14 heavy (non-hydrogen) atoms. The number of phenolic OH excluding ortho intramolecular Hbond substituents is 1. The molecule has 0 aliphatic rings. The molecule has 78 valence electrons. The van der Waals surface area contributed by atoms with Crippen LogP contribution in [-0.4, -0.2) is 5.11 Å². The smallest absolute Gasteiger partial charge is 0.416 e. The Morgan fingerprint density at radius 1 is 1.36 bits per heavy atom. The number of benzene rings is 1. The topological polar surface area (TPSA) is 46.2 Å². The Morgan fingerprint density at radius 2 is 1.93 bits per heavy atom. The van der Waals surface area contributed by atoms with Crippen molar-refractivity contribution in [3.63, 3.8) is 0 Å². The summed E-state index contributed by atoms with van der Waals surface area (Å²) in [7, 11) is 0. The van der Waals surface area contributed by atoms with Crippen molar-refractivity contribution in [2.24, 2.45) is 5.73 Å². The minimum atomic E-state index is -4.52. The van der Waals surface area contributed by atoms with Crippen LogP contribution in [0.3, 0.4) is 0 Å². The second-order valence-electron chi connectivity index (χ2n) is 2.66. The summed E-state index contributed by atoms with van der Waals surface area (Å²) in [6.45, 7) is -0.108. The van der Waals surface area contributed by atoms with E-state index in [1.54, 1.807) is 0 Å². The quantitative estimate of drug-likeness (QED) is 0.772. The van der Waals surface area contributed by atoms with Crippen LogP contribution >= 0.6 is 11.6 Å². The van der Waals surface area contributed by atoms with Crippen molar-refractivity contribution in [1.82, 2.24) is 0 Å². The molecule has 0 aliphatic carbocycles. The molecule has 0 saturated heterocycles. The summed E-state index contributed by atoms with van der Waals surface area (Å²) in [6, 6.07) is 1.34. The summed E-state index contributed by atoms with van der Waals surface area (Å²) < 4.78 is 36.5. The van der Waals surface area contributed by atoms with Crippen molar-refractivity contribution in [3.05, 3.63) is 28.3 Å². The predicted molar refractivity (Wildman–Crippen MR) is 46.0 cm³/mol. The van der Waals surface area contributed by atoms with Gasteiger partial charge in [0.05, 0.1) is 5.56 Å². The molecule has 1 aromatic rings. The van der Waals surface area contributed by atoms with Crippen LogP contribution in [0.1, 0.15) is 11.1 Å². The van der Waals surface area contributed by atoms with E-state index < -0.39 is 17.5 Å². The molecular weight excluding hydrogens is 219 g/mol. The molecule has 0 heterocycles. The highest BCUT2D eigenvalue weighted by molar-refractivity contribution is 6.31.